The van der Waals surface area contributed by atoms with Crippen LogP contribution in [0.15, 0.2) is 17.0 Å². The number of rotatable bonds is 3. The van der Waals surface area contributed by atoms with Gasteiger partial charge >= 0.3 is 0 Å². The molecule has 0 aliphatic carbocycles. The molecule has 1 saturated heterocycles. The number of carbonyl (C=O) groups is 1. The van der Waals surface area contributed by atoms with Crippen molar-refractivity contribution in [3.63, 3.8) is 0 Å². The molecule has 6 nitrogen and oxygen atoms in total. The molecule has 0 spiro atoms. The largest absolute Gasteiger partial charge is 0.337 e. The van der Waals surface area contributed by atoms with Crippen molar-refractivity contribution >= 4 is 15.9 Å². The van der Waals surface area contributed by atoms with Crippen LogP contribution in [-0.2, 0) is 10.0 Å². The van der Waals surface area contributed by atoms with Crippen molar-refractivity contribution in [1.29, 1.82) is 0 Å². The molecule has 0 unspecified atom stereocenters. The second-order valence-electron chi connectivity index (χ2n) is 6.70. The highest BCUT2D eigenvalue weighted by molar-refractivity contribution is 7.89. The Morgan fingerprint density at radius 1 is 1.22 bits per heavy atom. The summed E-state index contributed by atoms with van der Waals surface area (Å²) in [6.07, 6.45) is 0. The third kappa shape index (κ3) is 3.57. The lowest BCUT2D eigenvalue weighted by atomic mass is 10.0. The van der Waals surface area contributed by atoms with Gasteiger partial charge in [0.25, 0.3) is 5.91 Å². The number of carbonyl (C=O) groups excluding carboxylic acids is 1. The predicted molar refractivity (Wildman–Crippen MR) is 89.8 cm³/mol. The van der Waals surface area contributed by atoms with E-state index in [0.29, 0.717) is 36.2 Å². The summed E-state index contributed by atoms with van der Waals surface area (Å²) < 4.78 is 23.4. The Balaban J connectivity index is 2.37. The van der Waals surface area contributed by atoms with E-state index in [1.165, 1.54) is 6.07 Å². The summed E-state index contributed by atoms with van der Waals surface area (Å²) in [5.41, 5.74) is 1.73. The molecule has 1 aromatic carbocycles. The number of likely N-dealkylation sites (tertiary alicyclic amines) is 1. The molecule has 2 N–H and O–H groups in total. The van der Waals surface area contributed by atoms with Crippen molar-refractivity contribution in [2.45, 2.75) is 31.7 Å². The average Bonchev–Trinajstić information content (AvgIpc) is 2.78. The number of hydrogen-bond donors (Lipinski definition) is 1. The quantitative estimate of drug-likeness (QED) is 0.889. The van der Waals surface area contributed by atoms with E-state index in [1.807, 2.05) is 21.0 Å². The van der Waals surface area contributed by atoms with Crippen molar-refractivity contribution in [2.24, 2.45) is 11.1 Å². The second-order valence-corrected chi connectivity index (χ2v) is 8.23. The monoisotopic (exact) mass is 339 g/mol. The highest BCUT2D eigenvalue weighted by Crippen LogP contribution is 2.25. The average molecular weight is 339 g/mol. The van der Waals surface area contributed by atoms with E-state index in [0.717, 1.165) is 5.56 Å². The van der Waals surface area contributed by atoms with Gasteiger partial charge in [0.15, 0.2) is 0 Å². The van der Waals surface area contributed by atoms with Gasteiger partial charge in [0.1, 0.15) is 0 Å². The lowest BCUT2D eigenvalue weighted by Gasteiger charge is -2.22. The van der Waals surface area contributed by atoms with Crippen molar-refractivity contribution < 1.29 is 13.2 Å². The van der Waals surface area contributed by atoms with Crippen molar-refractivity contribution in [3.8, 4) is 0 Å². The van der Waals surface area contributed by atoms with E-state index in [9.17, 15) is 13.2 Å². The van der Waals surface area contributed by atoms with Gasteiger partial charge in [-0.15, -0.1) is 0 Å². The van der Waals surface area contributed by atoms with Gasteiger partial charge < -0.3 is 9.80 Å². The first-order valence-electron chi connectivity index (χ1n) is 7.62. The molecular weight excluding hydrogens is 314 g/mol. The first-order valence-corrected chi connectivity index (χ1v) is 9.16. The van der Waals surface area contributed by atoms with Gasteiger partial charge in [0.05, 0.1) is 4.90 Å². The van der Waals surface area contributed by atoms with Gasteiger partial charge in [-0.3, -0.25) is 4.79 Å². The molecule has 1 heterocycles. The van der Waals surface area contributed by atoms with Crippen LogP contribution in [0.3, 0.4) is 0 Å². The lowest BCUT2D eigenvalue weighted by Crippen LogP contribution is -2.36. The van der Waals surface area contributed by atoms with Crippen LogP contribution in [-0.4, -0.2) is 57.4 Å². The lowest BCUT2D eigenvalue weighted by molar-refractivity contribution is 0.0780. The Kier molecular flexibility index (Phi) is 4.84. The first kappa shape index (κ1) is 17.9. The maximum absolute atomic E-state index is 12.8. The minimum Gasteiger partial charge on any atom is -0.337 e. The van der Waals surface area contributed by atoms with Crippen molar-refractivity contribution in [1.82, 2.24) is 9.80 Å². The summed E-state index contributed by atoms with van der Waals surface area (Å²) in [7, 11) is 0.167. The molecule has 0 saturated carbocycles. The molecule has 1 aliphatic rings. The number of likely N-dealkylation sites (N-methyl/N-ethyl adjacent to an activating group) is 1. The van der Waals surface area contributed by atoms with Crippen LogP contribution in [0.2, 0.25) is 0 Å². The van der Waals surface area contributed by atoms with Gasteiger partial charge in [-0.1, -0.05) is 13.0 Å². The molecule has 128 valence electrons. The van der Waals surface area contributed by atoms with Crippen LogP contribution in [0.25, 0.3) is 0 Å². The van der Waals surface area contributed by atoms with E-state index in [2.05, 4.69) is 11.8 Å². The molecule has 1 fully saturated rings. The minimum atomic E-state index is -3.84. The Hall–Kier alpha value is -1.44. The van der Waals surface area contributed by atoms with Gasteiger partial charge in [-0.05, 0) is 51.1 Å². The van der Waals surface area contributed by atoms with E-state index >= 15 is 0 Å². The highest BCUT2D eigenvalue weighted by atomic mass is 32.2. The fourth-order valence-electron chi connectivity index (χ4n) is 3.33. The molecule has 0 bridgehead atoms. The van der Waals surface area contributed by atoms with Crippen molar-refractivity contribution in [2.75, 3.05) is 27.2 Å². The number of benzene rings is 1. The Morgan fingerprint density at radius 2 is 1.83 bits per heavy atom. The number of nitrogens with zero attached hydrogens (tertiary/aromatic N) is 2. The number of sulfonamides is 1. The number of nitrogens with two attached hydrogens (primary N) is 1. The molecule has 0 radical (unpaired) electrons. The Labute approximate surface area is 138 Å². The number of primary sulfonamides is 1. The Bertz CT molecular complexity index is 728. The number of hydrogen-bond acceptors (Lipinski definition) is 4. The zero-order valence-electron chi connectivity index (χ0n) is 14.3. The van der Waals surface area contributed by atoms with Crippen LogP contribution >= 0.6 is 0 Å². The van der Waals surface area contributed by atoms with E-state index < -0.39 is 10.0 Å². The summed E-state index contributed by atoms with van der Waals surface area (Å²) in [6.45, 7) is 6.93. The van der Waals surface area contributed by atoms with Gasteiger partial charge in [0.2, 0.25) is 10.0 Å². The van der Waals surface area contributed by atoms with Crippen LogP contribution in [0, 0.1) is 19.8 Å². The van der Waals surface area contributed by atoms with Crippen molar-refractivity contribution in [3.05, 3.63) is 28.8 Å². The molecule has 1 aliphatic heterocycles. The van der Waals surface area contributed by atoms with E-state index in [-0.39, 0.29) is 10.8 Å². The molecular formula is C16H25N3O3S. The van der Waals surface area contributed by atoms with Crippen LogP contribution in [0.4, 0.5) is 0 Å². The molecule has 23 heavy (non-hydrogen) atoms. The Morgan fingerprint density at radius 3 is 2.30 bits per heavy atom. The number of aryl methyl sites for hydroxylation is 2. The summed E-state index contributed by atoms with van der Waals surface area (Å²) in [6, 6.07) is 3.42. The fourth-order valence-corrected chi connectivity index (χ4v) is 4.12. The van der Waals surface area contributed by atoms with E-state index in [4.69, 9.17) is 5.14 Å². The highest BCUT2D eigenvalue weighted by Gasteiger charge is 2.34. The van der Waals surface area contributed by atoms with Gasteiger partial charge in [-0.25, -0.2) is 13.6 Å². The van der Waals surface area contributed by atoms with Gasteiger partial charge in [-0.2, -0.15) is 0 Å². The van der Waals surface area contributed by atoms with Gasteiger partial charge in [0, 0.05) is 24.7 Å². The van der Waals surface area contributed by atoms with Crippen LogP contribution in [0.1, 0.15) is 28.4 Å². The summed E-state index contributed by atoms with van der Waals surface area (Å²) in [4.78, 5) is 16.8. The third-order valence-corrected chi connectivity index (χ3v) is 5.63. The second kappa shape index (κ2) is 6.22. The first-order chi connectivity index (χ1) is 10.5. The summed E-state index contributed by atoms with van der Waals surface area (Å²) in [5.74, 6) is 0.237. The zero-order chi connectivity index (χ0) is 17.5. The summed E-state index contributed by atoms with van der Waals surface area (Å²) >= 11 is 0. The molecule has 1 amide bonds. The molecule has 0 aromatic heterocycles. The predicted octanol–water partition coefficient (Wildman–Crippen LogP) is 0.973. The standard InChI is InChI=1S/C16H25N3O3S/c1-10-6-11(2)15(23(17,21)22)7-13(10)16(20)19-8-12(3)14(9-19)18(4)5/h6-7,12,14H,8-9H2,1-5H3,(H2,17,21,22)/t12-,14-/m0/s1. The minimum absolute atomic E-state index is 0.0165. The van der Waals surface area contributed by atoms with Crippen LogP contribution in [0.5, 0.6) is 0 Å². The molecule has 7 heteroatoms. The topological polar surface area (TPSA) is 83.7 Å². The molecule has 2 atom stereocenters. The smallest absolute Gasteiger partial charge is 0.254 e. The zero-order valence-corrected chi connectivity index (χ0v) is 15.1. The van der Waals surface area contributed by atoms with E-state index in [1.54, 1.807) is 17.9 Å². The van der Waals surface area contributed by atoms with Crippen LogP contribution < -0.4 is 5.14 Å². The fraction of sp³-hybridized carbons (Fsp3) is 0.562. The molecule has 2 rings (SSSR count). The normalized spacial score (nSPS) is 22.0. The molecule has 1 aromatic rings. The maximum Gasteiger partial charge on any atom is 0.254 e. The number of amides is 1. The summed E-state index contributed by atoms with van der Waals surface area (Å²) in [5, 5.41) is 5.25. The third-order valence-electron chi connectivity index (χ3n) is 4.58. The maximum atomic E-state index is 12.8. The SMILES string of the molecule is Cc1cc(C)c(S(N)(=O)=O)cc1C(=O)N1C[C@H](C)[C@@H](N(C)C)C1.